The van der Waals surface area contributed by atoms with Crippen LogP contribution in [0.15, 0.2) is 35.8 Å². The highest BCUT2D eigenvalue weighted by molar-refractivity contribution is 7.09. The number of nitrogens with zero attached hydrogens (tertiary/aromatic N) is 3. The van der Waals surface area contributed by atoms with Crippen molar-refractivity contribution in [3.63, 3.8) is 0 Å². The molecule has 0 bridgehead atoms. The van der Waals surface area contributed by atoms with Crippen LogP contribution in [0, 0.1) is 0 Å². The molecule has 0 aliphatic carbocycles. The van der Waals surface area contributed by atoms with Gasteiger partial charge in [0.2, 0.25) is 5.91 Å². The molecule has 2 aromatic rings. The average Bonchev–Trinajstić information content (AvgIpc) is 3.27. The van der Waals surface area contributed by atoms with Gasteiger partial charge in [-0.2, -0.15) is 0 Å². The van der Waals surface area contributed by atoms with Gasteiger partial charge >= 0.3 is 6.03 Å². The number of ether oxygens (including phenoxy) is 1. The van der Waals surface area contributed by atoms with E-state index in [2.05, 4.69) is 10.3 Å². The lowest BCUT2D eigenvalue weighted by atomic mass is 10.1. The number of carbonyl (C=O) groups excluding carboxylic acids is 3. The van der Waals surface area contributed by atoms with E-state index < -0.39 is 0 Å². The van der Waals surface area contributed by atoms with Gasteiger partial charge in [-0.05, 0) is 17.7 Å². The van der Waals surface area contributed by atoms with Gasteiger partial charge in [0, 0.05) is 44.1 Å². The zero-order valence-corrected chi connectivity index (χ0v) is 17.3. The zero-order valence-electron chi connectivity index (χ0n) is 16.5. The number of aromatic nitrogens is 1. The molecule has 1 fully saturated rings. The first kappa shape index (κ1) is 20.8. The van der Waals surface area contributed by atoms with E-state index in [1.54, 1.807) is 40.6 Å². The summed E-state index contributed by atoms with van der Waals surface area (Å²) in [6.07, 6.45) is 2.05. The van der Waals surface area contributed by atoms with E-state index in [4.69, 9.17) is 4.74 Å². The van der Waals surface area contributed by atoms with Crippen LogP contribution in [-0.2, 0) is 16.1 Å². The van der Waals surface area contributed by atoms with Crippen molar-refractivity contribution in [1.82, 2.24) is 20.1 Å². The summed E-state index contributed by atoms with van der Waals surface area (Å²) in [5.41, 5.74) is 0.760. The first-order valence-corrected chi connectivity index (χ1v) is 10.3. The van der Waals surface area contributed by atoms with Gasteiger partial charge in [0.1, 0.15) is 5.75 Å². The lowest BCUT2D eigenvalue weighted by Gasteiger charge is -2.35. The Kier molecular flexibility index (Phi) is 6.82. The van der Waals surface area contributed by atoms with Crippen LogP contribution in [0.1, 0.15) is 29.8 Å². The first-order chi connectivity index (χ1) is 14.0. The number of thiazole rings is 1. The fourth-order valence-electron chi connectivity index (χ4n) is 3.09. The molecule has 1 aromatic carbocycles. The van der Waals surface area contributed by atoms with E-state index in [0.717, 1.165) is 10.6 Å². The Hall–Kier alpha value is -2.94. The Morgan fingerprint density at radius 2 is 2.21 bits per heavy atom. The predicted molar refractivity (Wildman–Crippen MR) is 109 cm³/mol. The summed E-state index contributed by atoms with van der Waals surface area (Å²) in [4.78, 5) is 43.9. The molecular weight excluding hydrogens is 392 g/mol. The van der Waals surface area contributed by atoms with Crippen molar-refractivity contribution < 1.29 is 19.1 Å². The zero-order chi connectivity index (χ0) is 20.8. The standard InChI is InChI=1S/C20H24N4O4S/c1-14(19-22-7-9-29-19)11-23-8-6-18(26)24(20(23)27)12-15-4-3-5-16(10-15)28-13-17(25)21-2/h3-5,7,9-10,14H,6,8,11-13H2,1-2H3,(H,21,25). The van der Waals surface area contributed by atoms with Crippen LogP contribution < -0.4 is 10.1 Å². The molecule has 154 valence electrons. The molecule has 1 aliphatic rings. The van der Waals surface area contributed by atoms with Crippen molar-refractivity contribution in [2.45, 2.75) is 25.8 Å². The Morgan fingerprint density at radius 1 is 1.38 bits per heavy atom. The highest BCUT2D eigenvalue weighted by atomic mass is 32.1. The van der Waals surface area contributed by atoms with Gasteiger partial charge in [-0.25, -0.2) is 9.78 Å². The number of amides is 4. The summed E-state index contributed by atoms with van der Waals surface area (Å²) in [5, 5.41) is 5.38. The molecule has 0 saturated carbocycles. The minimum absolute atomic E-state index is 0.0933. The third-order valence-corrected chi connectivity index (χ3v) is 5.66. The second kappa shape index (κ2) is 9.51. The van der Waals surface area contributed by atoms with Crippen molar-refractivity contribution in [3.8, 4) is 5.75 Å². The molecule has 1 saturated heterocycles. The van der Waals surface area contributed by atoms with Crippen molar-refractivity contribution >= 4 is 29.2 Å². The smallest absolute Gasteiger partial charge is 0.327 e. The summed E-state index contributed by atoms with van der Waals surface area (Å²) in [6, 6.07) is 6.77. The average molecular weight is 417 g/mol. The van der Waals surface area contributed by atoms with Gasteiger partial charge in [0.15, 0.2) is 6.61 Å². The number of carbonyl (C=O) groups is 3. The van der Waals surface area contributed by atoms with E-state index in [-0.39, 0.29) is 36.9 Å². The fourth-order valence-corrected chi connectivity index (χ4v) is 3.78. The first-order valence-electron chi connectivity index (χ1n) is 9.39. The van der Waals surface area contributed by atoms with Gasteiger partial charge in [-0.15, -0.1) is 11.3 Å². The SMILES string of the molecule is CNC(=O)COc1cccc(CN2C(=O)CCN(CC(C)c3nccs3)C2=O)c1. The molecule has 8 nitrogen and oxygen atoms in total. The van der Waals surface area contributed by atoms with E-state index in [1.807, 2.05) is 18.4 Å². The van der Waals surface area contributed by atoms with Crippen LogP contribution in [0.2, 0.25) is 0 Å². The largest absolute Gasteiger partial charge is 0.484 e. The molecule has 0 spiro atoms. The topological polar surface area (TPSA) is 91.8 Å². The fraction of sp³-hybridized carbons (Fsp3) is 0.400. The number of likely N-dealkylation sites (N-methyl/N-ethyl adjacent to an activating group) is 1. The number of hydrogen-bond acceptors (Lipinski definition) is 6. The molecule has 1 N–H and O–H groups in total. The Morgan fingerprint density at radius 3 is 2.93 bits per heavy atom. The minimum atomic E-state index is -0.290. The number of urea groups is 1. The van der Waals surface area contributed by atoms with Crippen molar-refractivity contribution in [3.05, 3.63) is 46.4 Å². The maximum Gasteiger partial charge on any atom is 0.327 e. The summed E-state index contributed by atoms with van der Waals surface area (Å²) < 4.78 is 5.44. The Bertz CT molecular complexity index is 871. The monoisotopic (exact) mass is 416 g/mol. The van der Waals surface area contributed by atoms with Crippen LogP contribution in [0.4, 0.5) is 4.79 Å². The van der Waals surface area contributed by atoms with Crippen molar-refractivity contribution in [1.29, 1.82) is 0 Å². The molecule has 3 rings (SSSR count). The molecule has 1 atom stereocenters. The van der Waals surface area contributed by atoms with Gasteiger partial charge in [0.05, 0.1) is 11.6 Å². The number of benzene rings is 1. The lowest BCUT2D eigenvalue weighted by molar-refractivity contribution is -0.131. The van der Waals surface area contributed by atoms with Crippen LogP contribution >= 0.6 is 11.3 Å². The highest BCUT2D eigenvalue weighted by Gasteiger charge is 2.33. The second-order valence-corrected chi connectivity index (χ2v) is 7.77. The Balaban J connectivity index is 1.65. The Labute approximate surface area is 173 Å². The van der Waals surface area contributed by atoms with E-state index in [0.29, 0.717) is 25.3 Å². The molecular formula is C20H24N4O4S. The number of hydrogen-bond donors (Lipinski definition) is 1. The van der Waals surface area contributed by atoms with Crippen molar-refractivity contribution in [2.75, 3.05) is 26.7 Å². The summed E-state index contributed by atoms with van der Waals surface area (Å²) in [5.74, 6) is 0.194. The highest BCUT2D eigenvalue weighted by Crippen LogP contribution is 2.23. The number of rotatable bonds is 8. The van der Waals surface area contributed by atoms with Gasteiger partial charge < -0.3 is 15.0 Å². The van der Waals surface area contributed by atoms with Gasteiger partial charge in [-0.1, -0.05) is 19.1 Å². The normalized spacial score (nSPS) is 15.4. The number of nitrogens with one attached hydrogen (secondary N) is 1. The molecule has 1 aromatic heterocycles. The maximum atomic E-state index is 12.9. The van der Waals surface area contributed by atoms with Gasteiger partial charge in [0.25, 0.3) is 5.91 Å². The van der Waals surface area contributed by atoms with E-state index >= 15 is 0 Å². The molecule has 29 heavy (non-hydrogen) atoms. The summed E-state index contributed by atoms with van der Waals surface area (Å²) in [7, 11) is 1.54. The molecule has 9 heteroatoms. The minimum Gasteiger partial charge on any atom is -0.484 e. The van der Waals surface area contributed by atoms with E-state index in [9.17, 15) is 14.4 Å². The molecule has 1 unspecified atom stereocenters. The predicted octanol–water partition coefficient (Wildman–Crippen LogP) is 2.23. The summed E-state index contributed by atoms with van der Waals surface area (Å²) >= 11 is 1.56. The van der Waals surface area contributed by atoms with Crippen LogP contribution in [0.3, 0.4) is 0 Å². The maximum absolute atomic E-state index is 12.9. The van der Waals surface area contributed by atoms with E-state index in [1.165, 1.54) is 11.9 Å². The molecule has 0 radical (unpaired) electrons. The van der Waals surface area contributed by atoms with Gasteiger partial charge in [-0.3, -0.25) is 14.5 Å². The third-order valence-electron chi connectivity index (χ3n) is 4.65. The number of imide groups is 1. The van der Waals surface area contributed by atoms with Crippen LogP contribution in [0.5, 0.6) is 5.75 Å². The summed E-state index contributed by atoms with van der Waals surface area (Å²) in [6.45, 7) is 3.03. The molecule has 1 aliphatic heterocycles. The third kappa shape index (κ3) is 5.32. The van der Waals surface area contributed by atoms with Crippen molar-refractivity contribution in [2.24, 2.45) is 0 Å². The molecule has 4 amide bonds. The molecule has 2 heterocycles. The lowest BCUT2D eigenvalue weighted by Crippen LogP contribution is -2.52. The van der Waals surface area contributed by atoms with Crippen LogP contribution in [0.25, 0.3) is 0 Å². The second-order valence-electron chi connectivity index (χ2n) is 6.84. The van der Waals surface area contributed by atoms with Crippen LogP contribution in [-0.4, -0.2) is 59.4 Å². The quantitative estimate of drug-likeness (QED) is 0.712.